The minimum Gasteiger partial charge on any atom is -0.465 e. The predicted octanol–water partition coefficient (Wildman–Crippen LogP) is 7.73. The Hall–Kier alpha value is -3.38. The van der Waals surface area contributed by atoms with Crippen LogP contribution in [-0.4, -0.2) is 97.9 Å². The number of fused-ring (bicyclic) bond motifs is 4. The van der Waals surface area contributed by atoms with Crippen molar-refractivity contribution in [3.8, 4) is 11.5 Å². The lowest BCUT2D eigenvalue weighted by Gasteiger charge is -2.60. The third-order valence-electron chi connectivity index (χ3n) is 16.9. The maximum absolute atomic E-state index is 13.0. The molecular formula is C51H71N3O12. The van der Waals surface area contributed by atoms with Crippen molar-refractivity contribution in [3.63, 3.8) is 0 Å². The van der Waals surface area contributed by atoms with Crippen molar-refractivity contribution >= 4 is 11.8 Å². The van der Waals surface area contributed by atoms with Crippen molar-refractivity contribution in [1.29, 1.82) is 0 Å². The molecule has 12 rings (SSSR count). The van der Waals surface area contributed by atoms with Crippen LogP contribution in [0.2, 0.25) is 0 Å². The largest absolute Gasteiger partial charge is 0.465 e. The van der Waals surface area contributed by atoms with E-state index in [1.54, 1.807) is 24.3 Å². The van der Waals surface area contributed by atoms with Crippen LogP contribution >= 0.6 is 0 Å². The van der Waals surface area contributed by atoms with Crippen LogP contribution in [-0.2, 0) is 38.5 Å². The zero-order valence-corrected chi connectivity index (χ0v) is 39.8. The number of benzene rings is 2. The second-order valence-electron chi connectivity index (χ2n) is 21.4. The first-order valence-electron chi connectivity index (χ1n) is 24.9. The van der Waals surface area contributed by atoms with E-state index < -0.39 is 47.9 Å². The molecule has 2 aliphatic carbocycles. The Morgan fingerprint density at radius 3 is 1.41 bits per heavy atom. The number of ether oxygens (including phenoxy) is 6. The number of carbonyl (C=O) groups excluding carboxylic acids is 2. The summed E-state index contributed by atoms with van der Waals surface area (Å²) in [5.41, 5.74) is -0.145. The van der Waals surface area contributed by atoms with Gasteiger partial charge in [-0.2, -0.15) is 0 Å². The molecule has 4 bridgehead atoms. The van der Waals surface area contributed by atoms with Crippen LogP contribution in [0.4, 0.5) is 0 Å². The number of hydrogen-bond donors (Lipinski definition) is 2. The topological polar surface area (TPSA) is 154 Å². The van der Waals surface area contributed by atoms with Gasteiger partial charge in [-0.1, -0.05) is 27.7 Å². The van der Waals surface area contributed by atoms with Crippen molar-refractivity contribution in [1.82, 2.24) is 15.5 Å². The lowest BCUT2D eigenvalue weighted by atomic mass is 9.58. The highest BCUT2D eigenvalue weighted by atomic mass is 17.3. The van der Waals surface area contributed by atoms with Gasteiger partial charge in [-0.05, 0) is 158 Å². The summed E-state index contributed by atoms with van der Waals surface area (Å²) in [7, 11) is 2.05. The highest BCUT2D eigenvalue weighted by molar-refractivity contribution is 5.94. The fourth-order valence-electron chi connectivity index (χ4n) is 13.1. The lowest BCUT2D eigenvalue weighted by molar-refractivity contribution is -0.575. The molecule has 2 aromatic carbocycles. The summed E-state index contributed by atoms with van der Waals surface area (Å²) in [5, 5.41) is 6.09. The minimum absolute atomic E-state index is 0.0465. The van der Waals surface area contributed by atoms with Gasteiger partial charge in [-0.3, -0.25) is 9.59 Å². The van der Waals surface area contributed by atoms with E-state index in [0.717, 1.165) is 77.3 Å². The zero-order valence-electron chi connectivity index (χ0n) is 39.8. The van der Waals surface area contributed by atoms with Crippen LogP contribution < -0.4 is 20.1 Å². The molecule has 15 nitrogen and oxygen atoms in total. The highest BCUT2D eigenvalue weighted by Gasteiger charge is 2.71. The second kappa shape index (κ2) is 18.2. The summed E-state index contributed by atoms with van der Waals surface area (Å²) in [6.45, 7) is 15.5. The molecule has 8 heterocycles. The molecule has 2 amide bonds. The first-order valence-corrected chi connectivity index (χ1v) is 24.9. The van der Waals surface area contributed by atoms with Gasteiger partial charge in [0.1, 0.15) is 11.5 Å². The van der Waals surface area contributed by atoms with Crippen LogP contribution in [0.5, 0.6) is 11.5 Å². The summed E-state index contributed by atoms with van der Waals surface area (Å²) < 4.78 is 39.0. The summed E-state index contributed by atoms with van der Waals surface area (Å²) in [4.78, 5) is 52.7. The highest BCUT2D eigenvalue weighted by Crippen LogP contribution is 2.62. The van der Waals surface area contributed by atoms with Gasteiger partial charge in [0, 0.05) is 60.7 Å². The Labute approximate surface area is 389 Å². The SMILES string of the molecule is C[C@H]1C(Oc2ccc(C(=O)NCCCN(C)CCCNC(=O)c3ccc(O[C@H]4OC5O[C@]6(C)CCC7[C@H](C)CCC([C@H]4C)[C@@]57OO6)cc3)cc2)OC2O[C@]3(C)CCC4[C@H](C)CCC1[C@@]24OO3. The van der Waals surface area contributed by atoms with Gasteiger partial charge in [-0.25, -0.2) is 19.6 Å². The molecule has 2 N–H and O–H groups in total. The smallest absolute Gasteiger partial charge is 0.251 e. The Balaban J connectivity index is 0.626. The molecule has 2 spiro atoms. The molecule has 362 valence electrons. The van der Waals surface area contributed by atoms with Gasteiger partial charge in [0.05, 0.1) is 0 Å². The summed E-state index contributed by atoms with van der Waals surface area (Å²) in [6, 6.07) is 14.5. The molecule has 10 fully saturated rings. The number of carbonyl (C=O) groups is 2. The number of rotatable bonds is 14. The normalized spacial score (nSPS) is 42.1. The molecule has 10 aliphatic rings. The fourth-order valence-corrected chi connectivity index (χ4v) is 13.1. The average Bonchev–Trinajstić information content (AvgIpc) is 3.68. The maximum Gasteiger partial charge on any atom is 0.251 e. The first-order chi connectivity index (χ1) is 31.7. The maximum atomic E-state index is 13.0. The van der Waals surface area contributed by atoms with Crippen LogP contribution in [0.3, 0.4) is 0 Å². The number of hydrogen-bond acceptors (Lipinski definition) is 13. The van der Waals surface area contributed by atoms with Gasteiger partial charge < -0.3 is 44.0 Å². The third-order valence-corrected chi connectivity index (χ3v) is 16.9. The second-order valence-corrected chi connectivity index (χ2v) is 21.4. The van der Waals surface area contributed by atoms with Crippen molar-refractivity contribution in [2.75, 3.05) is 33.2 Å². The van der Waals surface area contributed by atoms with E-state index in [9.17, 15) is 9.59 Å². The fraction of sp³-hybridized carbons (Fsp3) is 0.725. The number of amides is 2. The molecule has 8 aliphatic heterocycles. The number of nitrogens with zero attached hydrogens (tertiary/aromatic N) is 1. The van der Waals surface area contributed by atoms with E-state index in [1.807, 2.05) is 38.1 Å². The summed E-state index contributed by atoms with van der Waals surface area (Å²) >= 11 is 0. The van der Waals surface area contributed by atoms with E-state index >= 15 is 0 Å². The third kappa shape index (κ3) is 8.35. The quantitative estimate of drug-likeness (QED) is 0.141. The van der Waals surface area contributed by atoms with Gasteiger partial charge in [0.15, 0.2) is 23.8 Å². The zero-order chi connectivity index (χ0) is 46.0. The van der Waals surface area contributed by atoms with Crippen molar-refractivity contribution in [2.45, 2.75) is 154 Å². The van der Waals surface area contributed by atoms with Crippen LogP contribution in [0, 0.1) is 47.3 Å². The van der Waals surface area contributed by atoms with E-state index in [2.05, 4.69) is 50.3 Å². The van der Waals surface area contributed by atoms with Crippen molar-refractivity contribution in [3.05, 3.63) is 59.7 Å². The Morgan fingerprint density at radius 2 is 1.00 bits per heavy atom. The molecule has 8 saturated heterocycles. The van der Waals surface area contributed by atoms with Gasteiger partial charge in [0.2, 0.25) is 24.2 Å². The standard InChI is InChI=1S/C51H71N3O12/c1-30-10-20-40-32(3)44(59-46-50(40)38(30)22-24-48(5,61-46)63-65-50)57-36-16-12-34(13-17-36)42(55)52-26-8-28-54(7)29-9-27-53-43(56)35-14-18-37(19-15-35)58-45-33(4)41-21-11-31(2)39-23-25-49(6)62-47(60-45)51(39,41)66-64-49/h12-19,30-33,38-41,44-47H,8-11,20-29H2,1-7H3,(H,52,55)(H,53,56)/t30-,31-,32-,33-,38?,39?,40?,41?,44+,45?,46?,47?,48+,49+,50-,51-/m1/s1. The molecule has 15 heteroatoms. The van der Waals surface area contributed by atoms with Crippen LogP contribution in [0.15, 0.2) is 48.5 Å². The monoisotopic (exact) mass is 918 g/mol. The molecule has 66 heavy (non-hydrogen) atoms. The van der Waals surface area contributed by atoms with Gasteiger partial charge in [0.25, 0.3) is 11.8 Å². The average molecular weight is 918 g/mol. The van der Waals surface area contributed by atoms with Gasteiger partial charge in [-0.15, -0.1) is 0 Å². The van der Waals surface area contributed by atoms with E-state index in [4.69, 9.17) is 48.0 Å². The molecule has 16 atom stereocenters. The van der Waals surface area contributed by atoms with Crippen LogP contribution in [0.25, 0.3) is 0 Å². The predicted molar refractivity (Wildman–Crippen MR) is 239 cm³/mol. The van der Waals surface area contributed by atoms with Crippen molar-refractivity contribution in [2.24, 2.45) is 47.3 Å². The molecule has 7 unspecified atom stereocenters. The molecular weight excluding hydrogens is 847 g/mol. The Bertz CT molecular complexity index is 1920. The molecule has 2 aromatic rings. The lowest BCUT2D eigenvalue weighted by Crippen LogP contribution is -2.70. The Kier molecular flexibility index (Phi) is 12.8. The summed E-state index contributed by atoms with van der Waals surface area (Å²) in [6.07, 6.45) is 7.10. The molecule has 2 saturated carbocycles. The molecule has 0 aromatic heterocycles. The first kappa shape index (κ1) is 46.4. The minimum atomic E-state index is -0.841. The van der Waals surface area contributed by atoms with Crippen molar-refractivity contribution < 1.29 is 57.6 Å². The van der Waals surface area contributed by atoms with E-state index in [-0.39, 0.29) is 35.5 Å². The Morgan fingerprint density at radius 1 is 0.591 bits per heavy atom. The number of nitrogens with one attached hydrogen (secondary N) is 2. The van der Waals surface area contributed by atoms with E-state index in [1.165, 1.54) is 0 Å². The summed E-state index contributed by atoms with van der Waals surface area (Å²) in [5.74, 6) is 1.32. The van der Waals surface area contributed by atoms with Crippen LogP contribution in [0.1, 0.15) is 126 Å². The molecule has 0 radical (unpaired) electrons. The van der Waals surface area contributed by atoms with E-state index in [0.29, 0.717) is 59.4 Å². The van der Waals surface area contributed by atoms with Gasteiger partial charge >= 0.3 is 0 Å².